The number of aromatic nitrogens is 1. The molecule has 0 amide bonds. The Bertz CT molecular complexity index is 2410. The molecule has 0 saturated heterocycles. The zero-order valence-electron chi connectivity index (χ0n) is 26.8. The van der Waals surface area contributed by atoms with E-state index in [1.165, 1.54) is 61.2 Å². The first-order valence-corrected chi connectivity index (χ1v) is 17.0. The second-order valence-electron chi connectivity index (χ2n) is 13.1. The van der Waals surface area contributed by atoms with Gasteiger partial charge in [-0.25, -0.2) is 4.98 Å². The summed E-state index contributed by atoms with van der Waals surface area (Å²) in [6.45, 7) is 0. The van der Waals surface area contributed by atoms with Crippen LogP contribution < -0.4 is 0 Å². The van der Waals surface area contributed by atoms with Crippen molar-refractivity contribution in [2.75, 3.05) is 0 Å². The fourth-order valence-corrected chi connectivity index (χ4v) is 8.34. The standard InChI is InChI=1S/C48H31N/c1-3-13-34(14-4-1)46-30-37(31-47(49-46)35-15-5-2-6-16-35)33-25-23-32(24-26-33)36-27-28-41-40-19-9-12-22-44(40)48(45(41)29-36)42-20-10-7-17-38(42)39-18-8-11-21-43(39)48/h1-31H. The highest BCUT2D eigenvalue weighted by Crippen LogP contribution is 2.63. The summed E-state index contributed by atoms with van der Waals surface area (Å²) in [5.74, 6) is 0. The van der Waals surface area contributed by atoms with Crippen molar-refractivity contribution in [2.45, 2.75) is 5.41 Å². The van der Waals surface area contributed by atoms with E-state index in [4.69, 9.17) is 4.98 Å². The third-order valence-electron chi connectivity index (χ3n) is 10.5. The van der Waals surface area contributed by atoms with Crippen LogP contribution in [0.1, 0.15) is 22.3 Å². The lowest BCUT2D eigenvalue weighted by molar-refractivity contribution is 0.794. The van der Waals surface area contributed by atoms with Gasteiger partial charge >= 0.3 is 0 Å². The summed E-state index contributed by atoms with van der Waals surface area (Å²) in [6, 6.07) is 68.5. The molecule has 1 aromatic heterocycles. The van der Waals surface area contributed by atoms with Crippen LogP contribution in [-0.4, -0.2) is 4.98 Å². The highest BCUT2D eigenvalue weighted by molar-refractivity contribution is 5.96. The van der Waals surface area contributed by atoms with Gasteiger partial charge in [-0.05, 0) is 85.0 Å². The Hall–Kier alpha value is -6.31. The molecule has 0 unspecified atom stereocenters. The van der Waals surface area contributed by atoms with Gasteiger partial charge in [0.25, 0.3) is 0 Å². The summed E-state index contributed by atoms with van der Waals surface area (Å²) in [4.78, 5) is 5.08. The molecule has 1 spiro atoms. The van der Waals surface area contributed by atoms with Gasteiger partial charge in [0.2, 0.25) is 0 Å². The van der Waals surface area contributed by atoms with Crippen LogP contribution in [0.25, 0.3) is 67.0 Å². The number of pyridine rings is 1. The topological polar surface area (TPSA) is 12.9 Å². The molecule has 2 aliphatic rings. The Kier molecular flexibility index (Phi) is 6.16. The Morgan fingerprint density at radius 2 is 0.653 bits per heavy atom. The molecule has 0 saturated carbocycles. The van der Waals surface area contributed by atoms with Crippen molar-refractivity contribution in [3.63, 3.8) is 0 Å². The molecule has 7 aromatic carbocycles. The summed E-state index contributed by atoms with van der Waals surface area (Å²) in [7, 11) is 0. The van der Waals surface area contributed by atoms with E-state index in [9.17, 15) is 0 Å². The first kappa shape index (κ1) is 27.8. The minimum atomic E-state index is -0.340. The van der Waals surface area contributed by atoms with Crippen molar-refractivity contribution in [1.29, 1.82) is 0 Å². The number of rotatable bonds is 4. The Morgan fingerprint density at radius 1 is 0.265 bits per heavy atom. The van der Waals surface area contributed by atoms with Crippen molar-refractivity contribution in [3.8, 4) is 67.0 Å². The number of hydrogen-bond donors (Lipinski definition) is 0. The smallest absolute Gasteiger partial charge is 0.0725 e. The molecule has 10 rings (SSSR count). The van der Waals surface area contributed by atoms with Crippen LogP contribution in [0, 0.1) is 0 Å². The van der Waals surface area contributed by atoms with E-state index in [0.717, 1.165) is 28.1 Å². The van der Waals surface area contributed by atoms with Gasteiger partial charge in [0.05, 0.1) is 16.8 Å². The highest BCUT2D eigenvalue weighted by atomic mass is 14.7. The van der Waals surface area contributed by atoms with E-state index in [-0.39, 0.29) is 5.41 Å². The van der Waals surface area contributed by atoms with E-state index >= 15 is 0 Å². The SMILES string of the molecule is c1ccc(-c2cc(-c3ccc(-c4ccc5c(c4)C4(c6ccccc6-c6ccccc64)c4ccccc4-5)cc3)cc(-c3ccccc3)n2)cc1. The maximum Gasteiger partial charge on any atom is 0.0725 e. The lowest BCUT2D eigenvalue weighted by atomic mass is 9.70. The van der Waals surface area contributed by atoms with Crippen LogP contribution in [0.2, 0.25) is 0 Å². The van der Waals surface area contributed by atoms with E-state index in [1.807, 2.05) is 12.1 Å². The molecule has 0 atom stereocenters. The summed E-state index contributed by atoms with van der Waals surface area (Å²) in [5.41, 5.74) is 19.4. The largest absolute Gasteiger partial charge is 0.248 e. The molecular weight excluding hydrogens is 591 g/mol. The first-order valence-electron chi connectivity index (χ1n) is 17.0. The van der Waals surface area contributed by atoms with Gasteiger partial charge in [-0.1, -0.05) is 170 Å². The van der Waals surface area contributed by atoms with Gasteiger partial charge in [0, 0.05) is 11.1 Å². The molecule has 1 heterocycles. The van der Waals surface area contributed by atoms with Crippen molar-refractivity contribution < 1.29 is 0 Å². The van der Waals surface area contributed by atoms with Crippen LogP contribution in [0.4, 0.5) is 0 Å². The predicted molar refractivity (Wildman–Crippen MR) is 202 cm³/mol. The third-order valence-corrected chi connectivity index (χ3v) is 10.5. The average molecular weight is 622 g/mol. The summed E-state index contributed by atoms with van der Waals surface area (Å²) >= 11 is 0. The maximum absolute atomic E-state index is 5.08. The highest BCUT2D eigenvalue weighted by Gasteiger charge is 2.51. The molecule has 1 heteroatoms. The van der Waals surface area contributed by atoms with Crippen molar-refractivity contribution >= 4 is 0 Å². The average Bonchev–Trinajstić information content (AvgIpc) is 3.66. The predicted octanol–water partition coefficient (Wildman–Crippen LogP) is 12.1. The fourth-order valence-electron chi connectivity index (χ4n) is 8.34. The second-order valence-corrected chi connectivity index (χ2v) is 13.1. The number of benzene rings is 7. The molecule has 2 aliphatic carbocycles. The van der Waals surface area contributed by atoms with Crippen molar-refractivity contribution in [2.24, 2.45) is 0 Å². The van der Waals surface area contributed by atoms with Crippen molar-refractivity contribution in [3.05, 3.63) is 210 Å². The van der Waals surface area contributed by atoms with E-state index in [1.54, 1.807) is 0 Å². The van der Waals surface area contributed by atoms with Gasteiger partial charge in [0.15, 0.2) is 0 Å². The molecule has 0 radical (unpaired) electrons. The summed E-state index contributed by atoms with van der Waals surface area (Å²) in [6.07, 6.45) is 0. The number of fused-ring (bicyclic) bond motifs is 10. The third kappa shape index (κ3) is 4.16. The molecular formula is C48H31N. The Labute approximate surface area is 286 Å². The van der Waals surface area contributed by atoms with E-state index < -0.39 is 0 Å². The van der Waals surface area contributed by atoms with Crippen LogP contribution in [-0.2, 0) is 5.41 Å². The van der Waals surface area contributed by atoms with Gasteiger partial charge in [-0.3, -0.25) is 0 Å². The zero-order chi connectivity index (χ0) is 32.4. The molecule has 0 aliphatic heterocycles. The molecule has 228 valence electrons. The lowest BCUT2D eigenvalue weighted by Crippen LogP contribution is -2.25. The first-order chi connectivity index (χ1) is 24.3. The monoisotopic (exact) mass is 621 g/mol. The quantitative estimate of drug-likeness (QED) is 0.191. The minimum absolute atomic E-state index is 0.340. The van der Waals surface area contributed by atoms with Crippen LogP contribution in [0.5, 0.6) is 0 Å². The van der Waals surface area contributed by atoms with Gasteiger partial charge < -0.3 is 0 Å². The maximum atomic E-state index is 5.08. The fraction of sp³-hybridized carbons (Fsp3) is 0.0208. The van der Waals surface area contributed by atoms with Crippen LogP contribution in [0.15, 0.2) is 188 Å². The zero-order valence-corrected chi connectivity index (χ0v) is 26.8. The Balaban J connectivity index is 1.10. The van der Waals surface area contributed by atoms with Crippen molar-refractivity contribution in [1.82, 2.24) is 4.98 Å². The number of hydrogen-bond acceptors (Lipinski definition) is 1. The summed E-state index contributed by atoms with van der Waals surface area (Å²) < 4.78 is 0. The molecule has 0 fully saturated rings. The molecule has 1 nitrogen and oxygen atoms in total. The van der Waals surface area contributed by atoms with E-state index in [2.05, 4.69) is 176 Å². The van der Waals surface area contributed by atoms with Gasteiger partial charge in [0.1, 0.15) is 0 Å². The molecule has 0 bridgehead atoms. The second kappa shape index (κ2) is 10.9. The van der Waals surface area contributed by atoms with Gasteiger partial charge in [-0.2, -0.15) is 0 Å². The number of nitrogens with zero attached hydrogens (tertiary/aromatic N) is 1. The van der Waals surface area contributed by atoms with E-state index in [0.29, 0.717) is 0 Å². The molecule has 8 aromatic rings. The Morgan fingerprint density at radius 3 is 1.14 bits per heavy atom. The molecule has 49 heavy (non-hydrogen) atoms. The lowest BCUT2D eigenvalue weighted by Gasteiger charge is -2.30. The minimum Gasteiger partial charge on any atom is -0.248 e. The normalized spacial score (nSPS) is 13.1. The van der Waals surface area contributed by atoms with Gasteiger partial charge in [-0.15, -0.1) is 0 Å². The van der Waals surface area contributed by atoms with Crippen LogP contribution >= 0.6 is 0 Å². The summed E-state index contributed by atoms with van der Waals surface area (Å²) in [5, 5.41) is 0. The van der Waals surface area contributed by atoms with Crippen LogP contribution in [0.3, 0.4) is 0 Å². The molecule has 0 N–H and O–H groups in total.